The second-order valence-electron chi connectivity index (χ2n) is 5.61. The van der Waals surface area contributed by atoms with Crippen molar-refractivity contribution >= 4 is 17.3 Å². The predicted octanol–water partition coefficient (Wildman–Crippen LogP) is 1.48. The number of nitrogens with zero attached hydrogens (tertiary/aromatic N) is 5. The van der Waals surface area contributed by atoms with Crippen LogP contribution in [0.1, 0.15) is 22.9 Å². The summed E-state index contributed by atoms with van der Waals surface area (Å²) in [6.45, 7) is 1.16. The first-order valence-electron chi connectivity index (χ1n) is 7.81. The van der Waals surface area contributed by atoms with Crippen molar-refractivity contribution in [2.45, 2.75) is 38.0 Å². The van der Waals surface area contributed by atoms with Crippen LogP contribution in [0, 0.1) is 0 Å². The van der Waals surface area contributed by atoms with E-state index < -0.39 is 11.9 Å². The Labute approximate surface area is 146 Å². The molecule has 3 rings (SSSR count). The number of thiazole rings is 1. The van der Waals surface area contributed by atoms with Crippen LogP contribution in [0.3, 0.4) is 0 Å². The normalized spacial score (nSPS) is 18.1. The summed E-state index contributed by atoms with van der Waals surface area (Å²) in [4.78, 5) is 12.0. The Bertz CT molecular complexity index is 737. The topological polar surface area (TPSA) is 80.0 Å². The number of alkyl halides is 3. The van der Waals surface area contributed by atoms with E-state index in [1.54, 1.807) is 13.4 Å². The van der Waals surface area contributed by atoms with Crippen LogP contribution in [0.25, 0.3) is 0 Å². The van der Waals surface area contributed by atoms with E-state index in [1.807, 2.05) is 4.68 Å². The predicted molar refractivity (Wildman–Crippen MR) is 87.4 cm³/mol. The van der Waals surface area contributed by atoms with E-state index in [4.69, 9.17) is 0 Å². The molecule has 25 heavy (non-hydrogen) atoms. The summed E-state index contributed by atoms with van der Waals surface area (Å²) < 4.78 is 39.5. The molecule has 0 aliphatic carbocycles. The van der Waals surface area contributed by atoms with Gasteiger partial charge in [-0.15, -0.1) is 11.3 Å². The van der Waals surface area contributed by atoms with Crippen molar-refractivity contribution in [3.8, 4) is 0 Å². The lowest BCUT2D eigenvalue weighted by molar-refractivity contribution is -0.140. The Morgan fingerprint density at radius 3 is 3.04 bits per heavy atom. The number of halogens is 3. The molecule has 0 amide bonds. The molecule has 1 aliphatic rings. The molecule has 11 heteroatoms. The maximum absolute atomic E-state index is 12.5. The van der Waals surface area contributed by atoms with Crippen molar-refractivity contribution in [1.82, 2.24) is 30.4 Å². The van der Waals surface area contributed by atoms with Gasteiger partial charge < -0.3 is 10.6 Å². The van der Waals surface area contributed by atoms with Crippen LogP contribution in [0.4, 0.5) is 13.2 Å². The monoisotopic (exact) mass is 373 g/mol. The number of nitrogens with one attached hydrogen (secondary N) is 2. The lowest BCUT2D eigenvalue weighted by Crippen LogP contribution is -2.47. The van der Waals surface area contributed by atoms with Crippen LogP contribution in [0.5, 0.6) is 0 Å². The molecule has 0 fully saturated rings. The van der Waals surface area contributed by atoms with E-state index in [2.05, 4.69) is 30.7 Å². The Balaban J connectivity index is 1.46. The van der Waals surface area contributed by atoms with Gasteiger partial charge in [-0.25, -0.2) is 14.6 Å². The minimum absolute atomic E-state index is 0.178. The lowest BCUT2D eigenvalue weighted by atomic mass is 10.1. The summed E-state index contributed by atoms with van der Waals surface area (Å²) in [5.41, 5.74) is -0.833. The highest BCUT2D eigenvalue weighted by atomic mass is 32.1. The highest BCUT2D eigenvalue weighted by Crippen LogP contribution is 2.29. The fourth-order valence-electron chi connectivity index (χ4n) is 2.59. The van der Waals surface area contributed by atoms with Crippen molar-refractivity contribution in [2.24, 2.45) is 4.99 Å². The first kappa shape index (κ1) is 17.6. The van der Waals surface area contributed by atoms with Crippen molar-refractivity contribution in [3.05, 3.63) is 28.2 Å². The second-order valence-corrected chi connectivity index (χ2v) is 6.55. The molecule has 2 aromatic heterocycles. The molecular formula is C14H18F3N7S. The maximum atomic E-state index is 12.5. The average Bonchev–Trinajstić information content (AvgIpc) is 3.22. The number of aromatic nitrogens is 4. The lowest BCUT2D eigenvalue weighted by Gasteiger charge is -2.25. The first-order valence-corrected chi connectivity index (χ1v) is 8.69. The van der Waals surface area contributed by atoms with Crippen LogP contribution in [-0.2, 0) is 25.6 Å². The molecule has 3 heterocycles. The molecule has 0 saturated heterocycles. The molecule has 1 atom stereocenters. The Kier molecular flexibility index (Phi) is 5.21. The van der Waals surface area contributed by atoms with Gasteiger partial charge in [-0.3, -0.25) is 4.99 Å². The smallest absolute Gasteiger partial charge is 0.356 e. The van der Waals surface area contributed by atoms with Gasteiger partial charge in [0.15, 0.2) is 11.7 Å². The summed E-state index contributed by atoms with van der Waals surface area (Å²) in [6.07, 6.45) is -0.677. The van der Waals surface area contributed by atoms with E-state index in [9.17, 15) is 13.2 Å². The van der Waals surface area contributed by atoms with Gasteiger partial charge >= 0.3 is 6.18 Å². The average molecular weight is 373 g/mol. The van der Waals surface area contributed by atoms with Gasteiger partial charge in [-0.05, 0) is 6.42 Å². The highest BCUT2D eigenvalue weighted by Gasteiger charge is 2.33. The van der Waals surface area contributed by atoms with Crippen molar-refractivity contribution in [1.29, 1.82) is 0 Å². The molecule has 0 radical (unpaired) electrons. The zero-order valence-corrected chi connectivity index (χ0v) is 14.4. The third kappa shape index (κ3) is 4.47. The van der Waals surface area contributed by atoms with E-state index in [0.717, 1.165) is 35.4 Å². The number of aryl methyl sites for hydroxylation is 1. The van der Waals surface area contributed by atoms with Crippen LogP contribution in [0.15, 0.2) is 16.7 Å². The molecule has 136 valence electrons. The number of fused-ring (bicyclic) bond motifs is 1. The van der Waals surface area contributed by atoms with E-state index in [0.29, 0.717) is 30.5 Å². The molecule has 0 saturated carbocycles. The minimum atomic E-state index is -4.39. The Morgan fingerprint density at radius 2 is 2.32 bits per heavy atom. The van der Waals surface area contributed by atoms with Gasteiger partial charge in [0.05, 0.1) is 11.6 Å². The van der Waals surface area contributed by atoms with Crippen LogP contribution < -0.4 is 10.6 Å². The fraction of sp³-hybridized carbons (Fsp3) is 0.571. The molecule has 1 unspecified atom stereocenters. The van der Waals surface area contributed by atoms with Gasteiger partial charge in [0.25, 0.3) is 0 Å². The summed E-state index contributed by atoms with van der Waals surface area (Å²) in [6, 6.07) is 0.178. The highest BCUT2D eigenvalue weighted by molar-refractivity contribution is 7.09. The summed E-state index contributed by atoms with van der Waals surface area (Å²) >= 11 is 1.01. The quantitative estimate of drug-likeness (QED) is 0.627. The number of hydrogen-bond donors (Lipinski definition) is 2. The second kappa shape index (κ2) is 7.38. The Hall–Kier alpha value is -2.17. The molecule has 0 bridgehead atoms. The van der Waals surface area contributed by atoms with Gasteiger partial charge in [0, 0.05) is 37.9 Å². The number of guanidine groups is 1. The minimum Gasteiger partial charge on any atom is -0.356 e. The SMILES string of the molecule is CN=C(NCCc1nc(C(F)(F)F)cs1)NC1CCc2ncnn2C1. The summed E-state index contributed by atoms with van der Waals surface area (Å²) in [7, 11) is 1.66. The van der Waals surface area contributed by atoms with Gasteiger partial charge in [-0.1, -0.05) is 0 Å². The molecule has 0 spiro atoms. The first-order chi connectivity index (χ1) is 12.0. The molecule has 7 nitrogen and oxygen atoms in total. The van der Waals surface area contributed by atoms with Gasteiger partial charge in [-0.2, -0.15) is 18.3 Å². The zero-order valence-electron chi connectivity index (χ0n) is 13.5. The van der Waals surface area contributed by atoms with Crippen molar-refractivity contribution < 1.29 is 13.2 Å². The van der Waals surface area contributed by atoms with Crippen LogP contribution in [0.2, 0.25) is 0 Å². The van der Waals surface area contributed by atoms with Gasteiger partial charge in [0.1, 0.15) is 12.2 Å². The zero-order chi connectivity index (χ0) is 17.9. The molecule has 1 aliphatic heterocycles. The molecule has 2 N–H and O–H groups in total. The third-order valence-corrected chi connectivity index (χ3v) is 4.75. The number of hydrogen-bond acceptors (Lipinski definition) is 5. The van der Waals surface area contributed by atoms with Crippen LogP contribution >= 0.6 is 11.3 Å². The maximum Gasteiger partial charge on any atom is 0.434 e. The molecular weight excluding hydrogens is 355 g/mol. The van der Waals surface area contributed by atoms with E-state index in [1.165, 1.54) is 0 Å². The molecule has 2 aromatic rings. The summed E-state index contributed by atoms with van der Waals surface area (Å²) in [5.74, 6) is 1.59. The van der Waals surface area contributed by atoms with Crippen LogP contribution in [-0.4, -0.2) is 45.3 Å². The van der Waals surface area contributed by atoms with Gasteiger partial charge in [0.2, 0.25) is 0 Å². The summed E-state index contributed by atoms with van der Waals surface area (Å²) in [5, 5.41) is 12.1. The van der Waals surface area contributed by atoms with Crippen molar-refractivity contribution in [2.75, 3.05) is 13.6 Å². The Morgan fingerprint density at radius 1 is 1.48 bits per heavy atom. The standard InChI is InChI=1S/C14H18F3N7S/c1-18-13(22-9-2-3-11-20-8-21-24(11)6-9)19-5-4-12-23-10(7-25-12)14(15,16)17/h7-9H,2-6H2,1H3,(H2,18,19,22). The van der Waals surface area contributed by atoms with E-state index >= 15 is 0 Å². The third-order valence-electron chi connectivity index (χ3n) is 3.84. The number of rotatable bonds is 4. The largest absolute Gasteiger partial charge is 0.434 e. The van der Waals surface area contributed by atoms with E-state index in [-0.39, 0.29) is 6.04 Å². The molecule has 0 aromatic carbocycles. The number of aliphatic imine (C=N–C) groups is 1. The fourth-order valence-corrected chi connectivity index (χ4v) is 3.39. The van der Waals surface area contributed by atoms with Crippen molar-refractivity contribution in [3.63, 3.8) is 0 Å².